The molecule has 1 saturated carbocycles. The van der Waals surface area contributed by atoms with Gasteiger partial charge in [-0.25, -0.2) is 8.78 Å². The molecule has 0 aromatic heterocycles. The van der Waals surface area contributed by atoms with Crippen LogP contribution in [-0.2, 0) is 6.42 Å². The number of hydrogen-bond acceptors (Lipinski definition) is 1. The van der Waals surface area contributed by atoms with E-state index in [4.69, 9.17) is 0 Å². The Kier molecular flexibility index (Phi) is 5.74. The average Bonchev–Trinajstić information content (AvgIpc) is 3.25. The molecule has 1 fully saturated rings. The van der Waals surface area contributed by atoms with Crippen LogP contribution in [0.25, 0.3) is 0 Å². The molecule has 0 aliphatic heterocycles. The van der Waals surface area contributed by atoms with E-state index >= 15 is 0 Å². The zero-order valence-electron chi connectivity index (χ0n) is 13.2. The van der Waals surface area contributed by atoms with Crippen LogP contribution in [0.5, 0.6) is 0 Å². The maximum atomic E-state index is 13.4. The summed E-state index contributed by atoms with van der Waals surface area (Å²) in [7, 11) is 0. The molecule has 2 rings (SSSR count). The maximum absolute atomic E-state index is 13.4. The molecular weight excluding hydrogens is 268 g/mol. The van der Waals surface area contributed by atoms with Crippen molar-refractivity contribution >= 4 is 0 Å². The Bertz CT molecular complexity index is 436. The normalized spacial score (nSPS) is 17.7. The van der Waals surface area contributed by atoms with Gasteiger partial charge in [0.05, 0.1) is 0 Å². The summed E-state index contributed by atoms with van der Waals surface area (Å²) in [6, 6.07) is 4.58. The van der Waals surface area contributed by atoms with Gasteiger partial charge >= 0.3 is 0 Å². The van der Waals surface area contributed by atoms with Crippen LogP contribution in [0.15, 0.2) is 18.2 Å². The molecule has 1 aromatic rings. The van der Waals surface area contributed by atoms with Crippen molar-refractivity contribution in [1.29, 1.82) is 0 Å². The first-order valence-corrected chi connectivity index (χ1v) is 8.25. The van der Waals surface area contributed by atoms with E-state index in [2.05, 4.69) is 19.2 Å². The Hall–Kier alpha value is -0.960. The van der Waals surface area contributed by atoms with Gasteiger partial charge in [-0.05, 0) is 55.2 Å². The minimum atomic E-state index is -0.472. The summed E-state index contributed by atoms with van der Waals surface area (Å²) in [6.45, 7) is 5.34. The lowest BCUT2D eigenvalue weighted by atomic mass is 9.75. The van der Waals surface area contributed by atoms with Gasteiger partial charge in [-0.3, -0.25) is 0 Å². The Morgan fingerprint density at radius 3 is 2.33 bits per heavy atom. The Morgan fingerprint density at radius 1 is 1.14 bits per heavy atom. The molecular formula is C18H27F2N. The van der Waals surface area contributed by atoms with Crippen molar-refractivity contribution in [2.45, 2.75) is 64.8 Å². The van der Waals surface area contributed by atoms with Crippen molar-refractivity contribution in [3.8, 4) is 0 Å². The van der Waals surface area contributed by atoms with Crippen LogP contribution in [0.1, 0.15) is 57.9 Å². The first kappa shape index (κ1) is 16.4. The van der Waals surface area contributed by atoms with E-state index in [0.717, 1.165) is 50.3 Å². The summed E-state index contributed by atoms with van der Waals surface area (Å²) in [5, 5.41) is 3.62. The highest BCUT2D eigenvalue weighted by molar-refractivity contribution is 5.19. The lowest BCUT2D eigenvalue weighted by molar-refractivity contribution is 0.227. The van der Waals surface area contributed by atoms with Crippen LogP contribution in [0.4, 0.5) is 8.78 Å². The molecule has 1 aromatic carbocycles. The molecule has 118 valence electrons. The first-order valence-electron chi connectivity index (χ1n) is 8.25. The van der Waals surface area contributed by atoms with Gasteiger partial charge in [0.2, 0.25) is 0 Å². The summed E-state index contributed by atoms with van der Waals surface area (Å²) in [5.41, 5.74) is 0.891. The van der Waals surface area contributed by atoms with Gasteiger partial charge < -0.3 is 5.32 Å². The number of benzene rings is 1. The van der Waals surface area contributed by atoms with Gasteiger partial charge in [0.1, 0.15) is 11.6 Å². The van der Waals surface area contributed by atoms with E-state index in [1.807, 2.05) is 0 Å². The number of rotatable bonds is 9. The molecule has 1 nitrogen and oxygen atoms in total. The molecule has 21 heavy (non-hydrogen) atoms. The summed E-state index contributed by atoms with van der Waals surface area (Å²) < 4.78 is 26.9. The monoisotopic (exact) mass is 295 g/mol. The highest BCUT2D eigenvalue weighted by Gasteiger charge is 2.31. The third-order valence-corrected chi connectivity index (χ3v) is 4.66. The Balaban J connectivity index is 2.11. The molecule has 1 aliphatic carbocycles. The topological polar surface area (TPSA) is 12.0 Å². The lowest BCUT2D eigenvalue weighted by Gasteiger charge is -2.34. The second kappa shape index (κ2) is 7.35. The minimum Gasteiger partial charge on any atom is -0.313 e. The third-order valence-electron chi connectivity index (χ3n) is 4.66. The predicted molar refractivity (Wildman–Crippen MR) is 83.3 cm³/mol. The summed E-state index contributed by atoms with van der Waals surface area (Å²) in [5.74, 6) is -0.943. The van der Waals surface area contributed by atoms with Crippen molar-refractivity contribution < 1.29 is 8.78 Å². The van der Waals surface area contributed by atoms with E-state index in [1.165, 1.54) is 25.0 Å². The van der Waals surface area contributed by atoms with Gasteiger partial charge in [0, 0.05) is 18.7 Å². The minimum absolute atomic E-state index is 0.110. The summed E-state index contributed by atoms with van der Waals surface area (Å²) >= 11 is 0. The molecule has 1 atom stereocenters. The van der Waals surface area contributed by atoms with Crippen LogP contribution < -0.4 is 5.32 Å². The maximum Gasteiger partial charge on any atom is 0.126 e. The second-order valence-corrected chi connectivity index (χ2v) is 6.57. The van der Waals surface area contributed by atoms with Crippen molar-refractivity contribution in [2.24, 2.45) is 5.41 Å². The fourth-order valence-corrected chi connectivity index (χ4v) is 3.01. The molecule has 3 heteroatoms. The molecule has 0 amide bonds. The predicted octanol–water partition coefficient (Wildman–Crippen LogP) is 4.85. The zero-order valence-corrected chi connectivity index (χ0v) is 13.2. The van der Waals surface area contributed by atoms with Crippen molar-refractivity contribution in [3.63, 3.8) is 0 Å². The number of unbranched alkanes of at least 4 members (excludes halogenated alkanes) is 1. The molecule has 0 saturated heterocycles. The summed E-state index contributed by atoms with van der Waals surface area (Å²) in [4.78, 5) is 0. The number of hydrogen-bond donors (Lipinski definition) is 1. The van der Waals surface area contributed by atoms with Crippen LogP contribution in [0.3, 0.4) is 0 Å². The molecule has 1 N–H and O–H groups in total. The SMILES string of the molecule is CCCCC(CC)(CNC1CC1)Cc1cc(F)cc(F)c1. The van der Waals surface area contributed by atoms with Gasteiger partial charge in [0.25, 0.3) is 0 Å². The third kappa shape index (κ3) is 5.06. The van der Waals surface area contributed by atoms with E-state index in [0.29, 0.717) is 6.04 Å². The average molecular weight is 295 g/mol. The largest absolute Gasteiger partial charge is 0.313 e. The zero-order chi connectivity index (χ0) is 15.3. The quantitative estimate of drug-likeness (QED) is 0.687. The standard InChI is InChI=1S/C18H27F2N/c1-3-5-8-18(4-2,13-21-17-6-7-17)12-14-9-15(19)11-16(20)10-14/h9-11,17,21H,3-8,12-13H2,1-2H3. The van der Waals surface area contributed by atoms with E-state index in [9.17, 15) is 8.78 Å². The van der Waals surface area contributed by atoms with Crippen LogP contribution in [0.2, 0.25) is 0 Å². The van der Waals surface area contributed by atoms with Crippen molar-refractivity contribution in [1.82, 2.24) is 5.32 Å². The molecule has 0 radical (unpaired) electrons. The van der Waals surface area contributed by atoms with Crippen LogP contribution in [-0.4, -0.2) is 12.6 Å². The Morgan fingerprint density at radius 2 is 1.81 bits per heavy atom. The van der Waals surface area contributed by atoms with Crippen LogP contribution >= 0.6 is 0 Å². The van der Waals surface area contributed by atoms with Gasteiger partial charge in [-0.15, -0.1) is 0 Å². The van der Waals surface area contributed by atoms with E-state index in [-0.39, 0.29) is 5.41 Å². The van der Waals surface area contributed by atoms with Gasteiger partial charge in [0.15, 0.2) is 0 Å². The Labute approximate surface area is 127 Å². The second-order valence-electron chi connectivity index (χ2n) is 6.57. The summed E-state index contributed by atoms with van der Waals surface area (Å²) in [6.07, 6.45) is 7.74. The van der Waals surface area contributed by atoms with E-state index in [1.54, 1.807) is 0 Å². The first-order chi connectivity index (χ1) is 10.1. The van der Waals surface area contributed by atoms with E-state index < -0.39 is 11.6 Å². The number of halogens is 2. The molecule has 0 bridgehead atoms. The van der Waals surface area contributed by atoms with Gasteiger partial charge in [-0.1, -0.05) is 26.7 Å². The molecule has 1 unspecified atom stereocenters. The molecule has 0 heterocycles. The van der Waals surface area contributed by atoms with Crippen molar-refractivity contribution in [3.05, 3.63) is 35.4 Å². The van der Waals surface area contributed by atoms with Gasteiger partial charge in [-0.2, -0.15) is 0 Å². The fourth-order valence-electron chi connectivity index (χ4n) is 3.01. The highest BCUT2D eigenvalue weighted by Crippen LogP contribution is 2.34. The highest BCUT2D eigenvalue weighted by atomic mass is 19.1. The number of nitrogens with one attached hydrogen (secondary N) is 1. The molecule has 1 aliphatic rings. The van der Waals surface area contributed by atoms with Crippen LogP contribution in [0, 0.1) is 17.0 Å². The smallest absolute Gasteiger partial charge is 0.126 e. The fraction of sp³-hybridized carbons (Fsp3) is 0.667. The van der Waals surface area contributed by atoms with Crippen molar-refractivity contribution in [2.75, 3.05) is 6.54 Å². The molecule has 0 spiro atoms. The lowest BCUT2D eigenvalue weighted by Crippen LogP contribution is -2.37.